The van der Waals surface area contributed by atoms with E-state index >= 15 is 0 Å². The van der Waals surface area contributed by atoms with Gasteiger partial charge in [0.25, 0.3) is 5.91 Å². The van der Waals surface area contributed by atoms with E-state index in [1.807, 2.05) is 55.5 Å². The van der Waals surface area contributed by atoms with E-state index in [1.54, 1.807) is 7.11 Å². The molecule has 3 aromatic carbocycles. The van der Waals surface area contributed by atoms with E-state index in [0.717, 1.165) is 45.1 Å². The number of carbonyl (C=O) groups excluding carboxylic acids is 1. The van der Waals surface area contributed by atoms with Crippen LogP contribution in [0, 0.1) is 18.6 Å². The standard InChI is InChI=1S/C25H20F2N2O3S/c1-14-3-5-16(6-4-14)24-23(15-7-9-17(31-2)10-8-15)29-20(33-24)13-32-19-12-11-18(26)21(22(19)27)25(28)30/h3-12H,13H2,1-2H3,(H2,28,30). The van der Waals surface area contributed by atoms with Crippen LogP contribution in [0.2, 0.25) is 0 Å². The van der Waals surface area contributed by atoms with Crippen molar-refractivity contribution in [1.29, 1.82) is 0 Å². The van der Waals surface area contributed by atoms with Gasteiger partial charge in [-0.25, -0.2) is 13.8 Å². The lowest BCUT2D eigenvalue weighted by atomic mass is 10.1. The van der Waals surface area contributed by atoms with E-state index in [2.05, 4.69) is 0 Å². The number of nitrogens with zero attached hydrogens (tertiary/aromatic N) is 1. The van der Waals surface area contributed by atoms with Crippen LogP contribution in [0.25, 0.3) is 21.7 Å². The van der Waals surface area contributed by atoms with Gasteiger partial charge in [-0.15, -0.1) is 11.3 Å². The SMILES string of the molecule is COc1ccc(-c2nc(COc3ccc(F)c(C(N)=O)c3F)sc2-c2ccc(C)cc2)cc1. The maximum Gasteiger partial charge on any atom is 0.254 e. The Morgan fingerprint density at radius 3 is 2.30 bits per heavy atom. The van der Waals surface area contributed by atoms with Crippen LogP contribution in [0.3, 0.4) is 0 Å². The average Bonchev–Trinajstić information content (AvgIpc) is 3.23. The number of nitrogens with two attached hydrogens (primary N) is 1. The molecule has 8 heteroatoms. The molecule has 0 aliphatic carbocycles. The maximum atomic E-state index is 14.5. The summed E-state index contributed by atoms with van der Waals surface area (Å²) in [6.07, 6.45) is 0. The summed E-state index contributed by atoms with van der Waals surface area (Å²) in [6.45, 7) is 1.94. The number of rotatable bonds is 7. The lowest BCUT2D eigenvalue weighted by Crippen LogP contribution is -2.16. The molecule has 5 nitrogen and oxygen atoms in total. The fraction of sp³-hybridized carbons (Fsp3) is 0.120. The van der Waals surface area contributed by atoms with Crippen molar-refractivity contribution in [2.75, 3.05) is 7.11 Å². The second kappa shape index (κ2) is 9.38. The minimum Gasteiger partial charge on any atom is -0.497 e. The molecule has 0 aliphatic rings. The van der Waals surface area contributed by atoms with Crippen LogP contribution in [0.15, 0.2) is 60.7 Å². The van der Waals surface area contributed by atoms with Gasteiger partial charge in [-0.1, -0.05) is 29.8 Å². The number of methoxy groups -OCH3 is 1. The Bertz CT molecular complexity index is 1300. The van der Waals surface area contributed by atoms with E-state index < -0.39 is 23.1 Å². The van der Waals surface area contributed by atoms with E-state index in [-0.39, 0.29) is 12.4 Å². The predicted octanol–water partition coefficient (Wildman–Crippen LogP) is 5.75. The molecule has 0 saturated heterocycles. The highest BCUT2D eigenvalue weighted by Gasteiger charge is 2.20. The molecule has 2 N–H and O–H groups in total. The summed E-state index contributed by atoms with van der Waals surface area (Å²) in [5.74, 6) is -2.92. The van der Waals surface area contributed by atoms with Gasteiger partial charge in [0.1, 0.15) is 28.7 Å². The molecule has 0 fully saturated rings. The largest absolute Gasteiger partial charge is 0.497 e. The van der Waals surface area contributed by atoms with Crippen molar-refractivity contribution in [3.8, 4) is 33.2 Å². The Balaban J connectivity index is 1.69. The van der Waals surface area contributed by atoms with Crippen molar-refractivity contribution in [2.24, 2.45) is 5.73 Å². The van der Waals surface area contributed by atoms with Crippen LogP contribution in [0.1, 0.15) is 20.9 Å². The summed E-state index contributed by atoms with van der Waals surface area (Å²) in [6, 6.07) is 17.6. The van der Waals surface area contributed by atoms with Gasteiger partial charge in [0.05, 0.1) is 17.7 Å². The van der Waals surface area contributed by atoms with E-state index in [9.17, 15) is 13.6 Å². The number of aromatic nitrogens is 1. The predicted molar refractivity (Wildman–Crippen MR) is 123 cm³/mol. The number of benzene rings is 3. The van der Waals surface area contributed by atoms with E-state index in [1.165, 1.54) is 11.3 Å². The van der Waals surface area contributed by atoms with Gasteiger partial charge < -0.3 is 15.2 Å². The number of hydrogen-bond acceptors (Lipinski definition) is 5. The van der Waals surface area contributed by atoms with Crippen LogP contribution >= 0.6 is 11.3 Å². The normalized spacial score (nSPS) is 10.8. The third kappa shape index (κ3) is 4.70. The van der Waals surface area contributed by atoms with Crippen molar-refractivity contribution in [3.63, 3.8) is 0 Å². The van der Waals surface area contributed by atoms with Crippen molar-refractivity contribution < 1.29 is 23.0 Å². The summed E-state index contributed by atoms with van der Waals surface area (Å²) in [5.41, 5.74) is 8.01. The van der Waals surface area contributed by atoms with Crippen molar-refractivity contribution in [1.82, 2.24) is 4.98 Å². The monoisotopic (exact) mass is 466 g/mol. The molecule has 0 saturated carbocycles. The number of halogens is 2. The van der Waals surface area contributed by atoms with Gasteiger partial charge in [-0.05, 0) is 48.9 Å². The molecule has 0 bridgehead atoms. The molecule has 0 atom stereocenters. The van der Waals surface area contributed by atoms with Crippen LogP contribution in [0.5, 0.6) is 11.5 Å². The second-order valence-electron chi connectivity index (χ2n) is 7.27. The fourth-order valence-electron chi connectivity index (χ4n) is 3.28. The lowest BCUT2D eigenvalue weighted by Gasteiger charge is -2.08. The quantitative estimate of drug-likeness (QED) is 0.376. The Morgan fingerprint density at radius 2 is 1.67 bits per heavy atom. The van der Waals surface area contributed by atoms with Crippen LogP contribution in [-0.2, 0) is 6.61 Å². The van der Waals surface area contributed by atoms with Gasteiger partial charge in [0.15, 0.2) is 11.6 Å². The van der Waals surface area contributed by atoms with Crippen LogP contribution in [0.4, 0.5) is 8.78 Å². The van der Waals surface area contributed by atoms with Crippen LogP contribution < -0.4 is 15.2 Å². The summed E-state index contributed by atoms with van der Waals surface area (Å²) in [4.78, 5) is 17.0. The van der Waals surface area contributed by atoms with Gasteiger partial charge in [0, 0.05) is 5.56 Å². The number of amides is 1. The van der Waals surface area contributed by atoms with Gasteiger partial charge in [0.2, 0.25) is 0 Å². The molecule has 0 unspecified atom stereocenters. The van der Waals surface area contributed by atoms with E-state index in [4.69, 9.17) is 20.2 Å². The smallest absolute Gasteiger partial charge is 0.254 e. The molecule has 33 heavy (non-hydrogen) atoms. The molecule has 1 heterocycles. The first-order valence-electron chi connectivity index (χ1n) is 9.99. The molecule has 4 aromatic rings. The molecule has 1 aromatic heterocycles. The number of aryl methyl sites for hydroxylation is 1. The van der Waals surface area contributed by atoms with E-state index in [0.29, 0.717) is 5.01 Å². The molecular weight excluding hydrogens is 446 g/mol. The van der Waals surface area contributed by atoms with Gasteiger partial charge >= 0.3 is 0 Å². The number of thiazole rings is 1. The minimum absolute atomic E-state index is 0.0690. The van der Waals surface area contributed by atoms with Crippen molar-refractivity contribution >= 4 is 17.2 Å². The topological polar surface area (TPSA) is 74.4 Å². The fourth-order valence-corrected chi connectivity index (χ4v) is 4.29. The Labute approximate surface area is 193 Å². The highest BCUT2D eigenvalue weighted by atomic mass is 32.1. The number of carbonyl (C=O) groups is 1. The Kier molecular flexibility index (Phi) is 6.37. The van der Waals surface area contributed by atoms with Gasteiger partial charge in [-0.2, -0.15) is 0 Å². The third-order valence-electron chi connectivity index (χ3n) is 5.00. The zero-order chi connectivity index (χ0) is 23.5. The molecule has 1 amide bonds. The van der Waals surface area contributed by atoms with Gasteiger partial charge in [-0.3, -0.25) is 4.79 Å². The molecule has 0 spiro atoms. The lowest BCUT2D eigenvalue weighted by molar-refractivity contribution is 0.0991. The highest BCUT2D eigenvalue weighted by Crippen LogP contribution is 2.38. The summed E-state index contributed by atoms with van der Waals surface area (Å²) in [7, 11) is 1.60. The zero-order valence-corrected chi connectivity index (χ0v) is 18.7. The molecular formula is C25H20F2N2O3S. The minimum atomic E-state index is -1.20. The maximum absolute atomic E-state index is 14.5. The number of ether oxygens (including phenoxy) is 2. The molecule has 0 radical (unpaired) electrons. The second-order valence-corrected chi connectivity index (χ2v) is 8.35. The third-order valence-corrected chi connectivity index (χ3v) is 6.08. The first kappa shape index (κ1) is 22.4. The highest BCUT2D eigenvalue weighted by molar-refractivity contribution is 7.15. The Hall–Kier alpha value is -3.78. The molecule has 4 rings (SSSR count). The van der Waals surface area contributed by atoms with Crippen molar-refractivity contribution in [3.05, 3.63) is 88.4 Å². The van der Waals surface area contributed by atoms with Crippen molar-refractivity contribution in [2.45, 2.75) is 13.5 Å². The zero-order valence-electron chi connectivity index (χ0n) is 17.9. The van der Waals surface area contributed by atoms with Crippen LogP contribution in [-0.4, -0.2) is 18.0 Å². The summed E-state index contributed by atoms with van der Waals surface area (Å²) in [5, 5.41) is 0.584. The first-order valence-corrected chi connectivity index (χ1v) is 10.8. The number of hydrogen-bond donors (Lipinski definition) is 1. The Morgan fingerprint density at radius 1 is 1.00 bits per heavy atom. The number of primary amides is 1. The summed E-state index contributed by atoms with van der Waals surface area (Å²) >= 11 is 1.41. The first-order chi connectivity index (χ1) is 15.9. The molecule has 0 aliphatic heterocycles. The average molecular weight is 467 g/mol. The summed E-state index contributed by atoms with van der Waals surface area (Å²) < 4.78 is 39.0. The molecule has 168 valence electrons.